The Kier molecular flexibility index (Phi) is 3.64. The van der Waals surface area contributed by atoms with E-state index in [2.05, 4.69) is 10.5 Å². The topological polar surface area (TPSA) is 50.7 Å². The van der Waals surface area contributed by atoms with E-state index in [1.807, 2.05) is 31.3 Å². The maximum Gasteiger partial charge on any atom is 0.230 e. The third kappa shape index (κ3) is 2.70. The molecule has 4 nitrogen and oxygen atoms in total. The molecule has 2 aromatic carbocycles. The zero-order valence-electron chi connectivity index (χ0n) is 13.2. The van der Waals surface area contributed by atoms with Crippen LogP contribution in [-0.2, 0) is 9.63 Å². The van der Waals surface area contributed by atoms with Crippen molar-refractivity contribution in [3.8, 4) is 11.1 Å². The van der Waals surface area contributed by atoms with Gasteiger partial charge < -0.3 is 10.2 Å². The van der Waals surface area contributed by atoms with Gasteiger partial charge in [0.1, 0.15) is 5.82 Å². The average molecular weight is 312 g/mol. The fourth-order valence-corrected chi connectivity index (χ4v) is 2.42. The summed E-state index contributed by atoms with van der Waals surface area (Å²) < 4.78 is 14.2. The maximum absolute atomic E-state index is 14.2. The number of ketones is 1. The van der Waals surface area contributed by atoms with E-state index in [0.717, 1.165) is 11.3 Å². The summed E-state index contributed by atoms with van der Waals surface area (Å²) in [5.41, 5.74) is 1.90. The lowest BCUT2D eigenvalue weighted by Gasteiger charge is -2.12. The van der Waals surface area contributed by atoms with E-state index in [0.29, 0.717) is 11.1 Å². The van der Waals surface area contributed by atoms with Crippen LogP contribution in [0.1, 0.15) is 19.4 Å². The number of oxime groups is 1. The highest BCUT2D eigenvalue weighted by molar-refractivity contribution is 6.49. The molecule has 0 saturated carbocycles. The molecule has 0 spiro atoms. The van der Waals surface area contributed by atoms with Crippen LogP contribution in [0.4, 0.5) is 10.1 Å². The molecule has 0 aromatic heterocycles. The predicted molar refractivity (Wildman–Crippen MR) is 88.1 cm³/mol. The minimum Gasteiger partial charge on any atom is -0.388 e. The predicted octanol–water partition coefficient (Wildman–Crippen LogP) is 3.62. The highest BCUT2D eigenvalue weighted by Crippen LogP contribution is 2.28. The normalized spacial score (nSPS) is 16.0. The zero-order valence-corrected chi connectivity index (χ0v) is 13.2. The van der Waals surface area contributed by atoms with E-state index in [4.69, 9.17) is 4.84 Å². The Morgan fingerprint density at radius 1 is 1.09 bits per heavy atom. The number of Topliss-reactive ketones (excluding diaryl/α,β-unsaturated/α-hetero) is 1. The Balaban J connectivity index is 2.01. The average Bonchev–Trinajstić information content (AvgIpc) is 2.82. The minimum atomic E-state index is -0.974. The van der Waals surface area contributed by atoms with Gasteiger partial charge in [-0.3, -0.25) is 4.79 Å². The van der Waals surface area contributed by atoms with Crippen LogP contribution in [0.2, 0.25) is 0 Å². The molecule has 118 valence electrons. The Morgan fingerprint density at radius 3 is 2.30 bits per heavy atom. The van der Waals surface area contributed by atoms with E-state index in [1.54, 1.807) is 26.0 Å². The fraction of sp³-hybridized carbons (Fsp3) is 0.222. The van der Waals surface area contributed by atoms with E-state index in [9.17, 15) is 9.18 Å². The number of nitrogens with zero attached hydrogens (tertiary/aromatic N) is 1. The summed E-state index contributed by atoms with van der Waals surface area (Å²) in [4.78, 5) is 17.4. The van der Waals surface area contributed by atoms with Crippen molar-refractivity contribution in [2.24, 2.45) is 5.16 Å². The molecule has 23 heavy (non-hydrogen) atoms. The summed E-state index contributed by atoms with van der Waals surface area (Å²) in [5, 5.41) is 6.88. The number of hydrogen-bond donors (Lipinski definition) is 1. The number of rotatable bonds is 3. The number of carbonyl (C=O) groups excluding carboxylic acids is 1. The molecule has 5 heteroatoms. The first-order valence-corrected chi connectivity index (χ1v) is 7.31. The molecular weight excluding hydrogens is 295 g/mol. The number of benzene rings is 2. The molecule has 0 unspecified atom stereocenters. The monoisotopic (exact) mass is 312 g/mol. The van der Waals surface area contributed by atoms with Gasteiger partial charge >= 0.3 is 0 Å². The van der Waals surface area contributed by atoms with Gasteiger partial charge in [0, 0.05) is 23.9 Å². The van der Waals surface area contributed by atoms with Crippen LogP contribution in [0.5, 0.6) is 0 Å². The number of anilines is 1. The summed E-state index contributed by atoms with van der Waals surface area (Å²) in [7, 11) is 1.82. The zero-order chi connectivity index (χ0) is 16.6. The second-order valence-electron chi connectivity index (χ2n) is 5.89. The van der Waals surface area contributed by atoms with Crippen LogP contribution < -0.4 is 5.32 Å². The van der Waals surface area contributed by atoms with Crippen molar-refractivity contribution < 1.29 is 14.0 Å². The van der Waals surface area contributed by atoms with Gasteiger partial charge in [0.05, 0.1) is 0 Å². The summed E-state index contributed by atoms with van der Waals surface area (Å²) >= 11 is 0. The molecule has 0 saturated heterocycles. The molecule has 3 rings (SSSR count). The van der Waals surface area contributed by atoms with Crippen molar-refractivity contribution in [1.29, 1.82) is 0 Å². The van der Waals surface area contributed by atoms with E-state index in [1.165, 1.54) is 6.07 Å². The fourth-order valence-electron chi connectivity index (χ4n) is 2.42. The molecule has 1 aliphatic heterocycles. The quantitative estimate of drug-likeness (QED) is 0.942. The van der Waals surface area contributed by atoms with Crippen molar-refractivity contribution in [2.45, 2.75) is 19.4 Å². The largest absolute Gasteiger partial charge is 0.388 e. The molecule has 0 fully saturated rings. The molecule has 0 bridgehead atoms. The molecule has 2 aromatic rings. The van der Waals surface area contributed by atoms with Gasteiger partial charge in [-0.1, -0.05) is 17.3 Å². The second-order valence-corrected chi connectivity index (χ2v) is 5.89. The highest BCUT2D eigenvalue weighted by Gasteiger charge is 2.40. The van der Waals surface area contributed by atoms with Crippen LogP contribution in [0.3, 0.4) is 0 Å². The van der Waals surface area contributed by atoms with Crippen LogP contribution in [0, 0.1) is 5.82 Å². The lowest BCUT2D eigenvalue weighted by atomic mass is 9.94. The molecule has 0 atom stereocenters. The number of hydrogen-bond acceptors (Lipinski definition) is 4. The lowest BCUT2D eigenvalue weighted by molar-refractivity contribution is -0.128. The summed E-state index contributed by atoms with van der Waals surface area (Å²) in [6, 6.07) is 11.9. The van der Waals surface area contributed by atoms with Gasteiger partial charge in [0.2, 0.25) is 5.78 Å². The highest BCUT2D eigenvalue weighted by atomic mass is 19.1. The summed E-state index contributed by atoms with van der Waals surface area (Å²) in [5.74, 6) is -0.558. The molecule has 1 aliphatic rings. The smallest absolute Gasteiger partial charge is 0.230 e. The van der Waals surface area contributed by atoms with Gasteiger partial charge in [-0.05, 0) is 49.7 Å². The second kappa shape index (κ2) is 5.50. The Labute approximate surface area is 134 Å². The Morgan fingerprint density at radius 2 is 1.74 bits per heavy atom. The van der Waals surface area contributed by atoms with Gasteiger partial charge in [-0.2, -0.15) is 0 Å². The van der Waals surface area contributed by atoms with E-state index >= 15 is 0 Å². The first kappa shape index (κ1) is 15.2. The van der Waals surface area contributed by atoms with E-state index in [-0.39, 0.29) is 17.3 Å². The van der Waals surface area contributed by atoms with Crippen molar-refractivity contribution in [3.05, 3.63) is 53.8 Å². The number of halogens is 1. The molecular formula is C18H17FN2O2. The van der Waals surface area contributed by atoms with Crippen LogP contribution >= 0.6 is 0 Å². The molecule has 1 N–H and O–H groups in total. The molecule has 0 aliphatic carbocycles. The van der Waals surface area contributed by atoms with E-state index < -0.39 is 5.60 Å². The number of nitrogens with one attached hydrogen (secondary N) is 1. The molecule has 1 heterocycles. The van der Waals surface area contributed by atoms with Crippen LogP contribution in [0.15, 0.2) is 47.6 Å². The third-order valence-electron chi connectivity index (χ3n) is 3.85. The number of carbonyl (C=O) groups is 1. The maximum atomic E-state index is 14.2. The van der Waals surface area contributed by atoms with Crippen LogP contribution in [-0.4, -0.2) is 24.1 Å². The Bertz CT molecular complexity index is 795. The molecule has 0 amide bonds. The SMILES string of the molecule is CNc1ccc(-c2cc(C3=NOC(C)(C)C3=O)ccc2F)cc1. The van der Waals surface area contributed by atoms with Gasteiger partial charge in [-0.15, -0.1) is 0 Å². The van der Waals surface area contributed by atoms with Gasteiger partial charge in [-0.25, -0.2) is 4.39 Å². The minimum absolute atomic E-state index is 0.208. The molecule has 0 radical (unpaired) electrons. The first-order chi connectivity index (χ1) is 10.9. The Hall–Kier alpha value is -2.69. The van der Waals surface area contributed by atoms with Crippen molar-refractivity contribution in [2.75, 3.05) is 12.4 Å². The third-order valence-corrected chi connectivity index (χ3v) is 3.85. The van der Waals surface area contributed by atoms with Gasteiger partial charge in [0.25, 0.3) is 0 Å². The standard InChI is InChI=1S/C18H17FN2O2/c1-18(2)17(22)16(21-23-18)12-6-9-15(19)14(10-12)11-4-7-13(20-3)8-5-11/h4-10,20H,1-3H3. The summed E-state index contributed by atoms with van der Waals surface area (Å²) in [6.07, 6.45) is 0. The van der Waals surface area contributed by atoms with Crippen molar-refractivity contribution in [1.82, 2.24) is 0 Å². The van der Waals surface area contributed by atoms with Gasteiger partial charge in [0.15, 0.2) is 11.3 Å². The lowest BCUT2D eigenvalue weighted by Crippen LogP contribution is -2.33. The van der Waals surface area contributed by atoms with Crippen molar-refractivity contribution in [3.63, 3.8) is 0 Å². The summed E-state index contributed by atoms with van der Waals surface area (Å²) in [6.45, 7) is 3.32. The van der Waals surface area contributed by atoms with Crippen molar-refractivity contribution >= 4 is 17.2 Å². The first-order valence-electron chi connectivity index (χ1n) is 7.31. The van der Waals surface area contributed by atoms with Crippen LogP contribution in [0.25, 0.3) is 11.1 Å².